The van der Waals surface area contributed by atoms with E-state index >= 15 is 0 Å². The van der Waals surface area contributed by atoms with Gasteiger partial charge in [0.25, 0.3) is 0 Å². The van der Waals surface area contributed by atoms with Crippen molar-refractivity contribution < 1.29 is 14.3 Å². The fourth-order valence-corrected chi connectivity index (χ4v) is 3.30. The molecular weight excluding hydrogens is 354 g/mol. The van der Waals surface area contributed by atoms with Crippen LogP contribution in [0.5, 0.6) is 0 Å². The number of ether oxygens (including phenoxy) is 1. The van der Waals surface area contributed by atoms with E-state index in [4.69, 9.17) is 4.74 Å². The number of benzene rings is 2. The van der Waals surface area contributed by atoms with Crippen molar-refractivity contribution >= 4 is 17.5 Å². The van der Waals surface area contributed by atoms with Crippen LogP contribution >= 0.6 is 0 Å². The summed E-state index contributed by atoms with van der Waals surface area (Å²) in [7, 11) is 0. The number of rotatable bonds is 7. The molecule has 1 aliphatic rings. The molecule has 6 nitrogen and oxygen atoms in total. The summed E-state index contributed by atoms with van der Waals surface area (Å²) in [5.41, 5.74) is 2.74. The predicted octanol–water partition coefficient (Wildman–Crippen LogP) is 2.38. The smallest absolute Gasteiger partial charge is 0.224 e. The topological polar surface area (TPSA) is 70.7 Å². The summed E-state index contributed by atoms with van der Waals surface area (Å²) in [5, 5.41) is 5.91. The molecule has 1 atom stereocenters. The van der Waals surface area contributed by atoms with Gasteiger partial charge in [-0.05, 0) is 23.3 Å². The van der Waals surface area contributed by atoms with E-state index in [9.17, 15) is 9.59 Å². The van der Waals surface area contributed by atoms with Crippen molar-refractivity contribution in [1.82, 2.24) is 10.2 Å². The first kappa shape index (κ1) is 20.0. The van der Waals surface area contributed by atoms with E-state index in [-0.39, 0.29) is 17.9 Å². The number of morpholine rings is 1. The first-order valence-corrected chi connectivity index (χ1v) is 9.61. The molecule has 1 aliphatic heterocycles. The molecule has 3 rings (SSSR count). The van der Waals surface area contributed by atoms with Gasteiger partial charge < -0.3 is 15.4 Å². The highest BCUT2D eigenvalue weighted by Gasteiger charge is 2.20. The first-order chi connectivity index (χ1) is 13.6. The molecule has 2 aromatic carbocycles. The number of hydrogen-bond acceptors (Lipinski definition) is 4. The van der Waals surface area contributed by atoms with Crippen LogP contribution in [0.2, 0.25) is 0 Å². The second-order valence-electron chi connectivity index (χ2n) is 7.00. The maximum absolute atomic E-state index is 12.7. The Kier molecular flexibility index (Phi) is 7.17. The summed E-state index contributed by atoms with van der Waals surface area (Å²) in [5.74, 6) is -0.131. The molecule has 1 fully saturated rings. The van der Waals surface area contributed by atoms with Crippen molar-refractivity contribution in [1.29, 1.82) is 0 Å². The third-order valence-electron chi connectivity index (χ3n) is 4.72. The van der Waals surface area contributed by atoms with Gasteiger partial charge in [-0.3, -0.25) is 14.5 Å². The standard InChI is InChI=1S/C22H27N3O3/c1-17(26)23-20-9-7-18(8-10-20)15-22(27)24-21(19-5-3-2-4-6-19)16-25-11-13-28-14-12-25/h2-10,21H,11-16H2,1H3,(H,23,26)(H,24,27)/t21-/m0/s1. The molecule has 0 spiro atoms. The number of nitrogens with one attached hydrogen (secondary N) is 2. The largest absolute Gasteiger partial charge is 0.379 e. The summed E-state index contributed by atoms with van der Waals surface area (Å²) in [6.07, 6.45) is 0.298. The summed E-state index contributed by atoms with van der Waals surface area (Å²) >= 11 is 0. The molecule has 0 unspecified atom stereocenters. The molecule has 0 aliphatic carbocycles. The van der Waals surface area contributed by atoms with E-state index in [1.54, 1.807) is 0 Å². The van der Waals surface area contributed by atoms with Gasteiger partial charge in [0, 0.05) is 32.2 Å². The van der Waals surface area contributed by atoms with E-state index in [1.807, 2.05) is 54.6 Å². The Bertz CT molecular complexity index is 771. The molecule has 2 N–H and O–H groups in total. The molecule has 0 radical (unpaired) electrons. The summed E-state index contributed by atoms with van der Waals surface area (Å²) in [6.45, 7) is 5.46. The molecule has 1 saturated heterocycles. The molecule has 28 heavy (non-hydrogen) atoms. The van der Waals surface area contributed by atoms with Crippen LogP contribution in [0.3, 0.4) is 0 Å². The lowest BCUT2D eigenvalue weighted by atomic mass is 10.0. The van der Waals surface area contributed by atoms with E-state index in [0.717, 1.165) is 49.7 Å². The number of carbonyl (C=O) groups excluding carboxylic acids is 2. The minimum Gasteiger partial charge on any atom is -0.379 e. The van der Waals surface area contributed by atoms with Crippen molar-refractivity contribution in [2.75, 3.05) is 38.2 Å². The van der Waals surface area contributed by atoms with Crippen LogP contribution in [0, 0.1) is 0 Å². The van der Waals surface area contributed by atoms with Gasteiger partial charge >= 0.3 is 0 Å². The number of anilines is 1. The number of hydrogen-bond donors (Lipinski definition) is 2. The number of nitrogens with zero attached hydrogens (tertiary/aromatic N) is 1. The zero-order chi connectivity index (χ0) is 19.8. The normalized spacial score (nSPS) is 15.6. The van der Waals surface area contributed by atoms with Gasteiger partial charge in [-0.15, -0.1) is 0 Å². The summed E-state index contributed by atoms with van der Waals surface area (Å²) < 4.78 is 5.43. The minimum absolute atomic E-state index is 0.0191. The zero-order valence-corrected chi connectivity index (χ0v) is 16.2. The highest BCUT2D eigenvalue weighted by molar-refractivity contribution is 5.88. The van der Waals surface area contributed by atoms with Crippen LogP contribution in [-0.2, 0) is 20.7 Å². The second kappa shape index (κ2) is 10.0. The van der Waals surface area contributed by atoms with Crippen molar-refractivity contribution in [2.24, 2.45) is 0 Å². The molecule has 6 heteroatoms. The molecule has 2 aromatic rings. The zero-order valence-electron chi connectivity index (χ0n) is 16.2. The molecule has 0 saturated carbocycles. The fourth-order valence-electron chi connectivity index (χ4n) is 3.30. The Morgan fingerprint density at radius 3 is 2.36 bits per heavy atom. The monoisotopic (exact) mass is 381 g/mol. The average Bonchev–Trinajstić information content (AvgIpc) is 2.70. The molecule has 1 heterocycles. The second-order valence-corrected chi connectivity index (χ2v) is 7.00. The minimum atomic E-state index is -0.112. The molecule has 2 amide bonds. The Hall–Kier alpha value is -2.70. The third-order valence-corrected chi connectivity index (χ3v) is 4.72. The van der Waals surface area contributed by atoms with Crippen molar-refractivity contribution in [3.8, 4) is 0 Å². The van der Waals surface area contributed by atoms with E-state index in [0.29, 0.717) is 6.42 Å². The quantitative estimate of drug-likeness (QED) is 0.773. The van der Waals surface area contributed by atoms with Crippen LogP contribution in [0.4, 0.5) is 5.69 Å². The van der Waals surface area contributed by atoms with Gasteiger partial charge in [0.1, 0.15) is 0 Å². The van der Waals surface area contributed by atoms with Crippen molar-refractivity contribution in [3.63, 3.8) is 0 Å². The van der Waals surface area contributed by atoms with Gasteiger partial charge in [-0.1, -0.05) is 42.5 Å². The number of amides is 2. The lowest BCUT2D eigenvalue weighted by Crippen LogP contribution is -2.43. The molecular formula is C22H27N3O3. The molecule has 148 valence electrons. The van der Waals surface area contributed by atoms with Gasteiger partial charge in [0.05, 0.1) is 25.7 Å². The van der Waals surface area contributed by atoms with Crippen LogP contribution in [0.15, 0.2) is 54.6 Å². The SMILES string of the molecule is CC(=O)Nc1ccc(CC(=O)N[C@@H](CN2CCOCC2)c2ccccc2)cc1. The van der Waals surface area contributed by atoms with Crippen LogP contribution < -0.4 is 10.6 Å². The number of carbonyl (C=O) groups is 2. The summed E-state index contributed by atoms with van der Waals surface area (Å²) in [6, 6.07) is 17.4. The van der Waals surface area contributed by atoms with Gasteiger partial charge in [-0.2, -0.15) is 0 Å². The first-order valence-electron chi connectivity index (χ1n) is 9.61. The Morgan fingerprint density at radius 1 is 1.04 bits per heavy atom. The lowest BCUT2D eigenvalue weighted by molar-refractivity contribution is -0.121. The van der Waals surface area contributed by atoms with Crippen molar-refractivity contribution in [3.05, 3.63) is 65.7 Å². The van der Waals surface area contributed by atoms with Gasteiger partial charge in [0.15, 0.2) is 0 Å². The van der Waals surface area contributed by atoms with Gasteiger partial charge in [0.2, 0.25) is 11.8 Å². The van der Waals surface area contributed by atoms with E-state index in [1.165, 1.54) is 6.92 Å². The Balaban J connectivity index is 1.62. The maximum atomic E-state index is 12.7. The van der Waals surface area contributed by atoms with E-state index in [2.05, 4.69) is 15.5 Å². The fraction of sp³-hybridized carbons (Fsp3) is 0.364. The Morgan fingerprint density at radius 2 is 1.71 bits per heavy atom. The third kappa shape index (κ3) is 6.18. The van der Waals surface area contributed by atoms with Crippen LogP contribution in [0.25, 0.3) is 0 Å². The van der Waals surface area contributed by atoms with E-state index < -0.39 is 0 Å². The maximum Gasteiger partial charge on any atom is 0.224 e. The Labute approximate surface area is 165 Å². The van der Waals surface area contributed by atoms with Gasteiger partial charge in [-0.25, -0.2) is 0 Å². The van der Waals surface area contributed by atoms with Crippen molar-refractivity contribution in [2.45, 2.75) is 19.4 Å². The highest BCUT2D eigenvalue weighted by atomic mass is 16.5. The molecule has 0 aromatic heterocycles. The lowest BCUT2D eigenvalue weighted by Gasteiger charge is -2.31. The average molecular weight is 381 g/mol. The summed E-state index contributed by atoms with van der Waals surface area (Å²) in [4.78, 5) is 26.1. The molecule has 0 bridgehead atoms. The highest BCUT2D eigenvalue weighted by Crippen LogP contribution is 2.16. The van der Waals surface area contributed by atoms with Crippen LogP contribution in [0.1, 0.15) is 24.1 Å². The predicted molar refractivity (Wildman–Crippen MR) is 109 cm³/mol. The van der Waals surface area contributed by atoms with Crippen LogP contribution in [-0.4, -0.2) is 49.6 Å².